The van der Waals surface area contributed by atoms with E-state index in [1.165, 1.54) is 16.8 Å². The van der Waals surface area contributed by atoms with Crippen molar-refractivity contribution >= 4 is 17.4 Å². The van der Waals surface area contributed by atoms with E-state index in [4.69, 9.17) is 14.5 Å². The van der Waals surface area contributed by atoms with Gasteiger partial charge in [0.25, 0.3) is 0 Å². The minimum absolute atomic E-state index is 0.0875. The van der Waals surface area contributed by atoms with Gasteiger partial charge < -0.3 is 19.7 Å². The Morgan fingerprint density at radius 1 is 1.15 bits per heavy atom. The summed E-state index contributed by atoms with van der Waals surface area (Å²) in [6, 6.07) is 7.77. The molecule has 2 heterocycles. The van der Waals surface area contributed by atoms with Gasteiger partial charge in [-0.15, -0.1) is 0 Å². The lowest BCUT2D eigenvalue weighted by Gasteiger charge is -2.36. The molecule has 0 atom stereocenters. The number of aromatic nitrogens is 1. The van der Waals surface area contributed by atoms with E-state index in [9.17, 15) is 10.1 Å². The highest BCUT2D eigenvalue weighted by Crippen LogP contribution is 2.34. The molecule has 2 aromatic rings. The largest absolute Gasteiger partial charge is 0.497 e. The van der Waals surface area contributed by atoms with Crippen LogP contribution < -0.4 is 19.7 Å². The number of hydrogen-bond acceptors (Lipinski definition) is 7. The molecule has 1 N–H and O–H groups in total. The van der Waals surface area contributed by atoms with Crippen molar-refractivity contribution < 1.29 is 14.3 Å². The molecular formula is C26H33N5O3. The number of carbonyl (C=O) groups excluding carboxylic acids is 1. The molecule has 0 radical (unpaired) electrons. The van der Waals surface area contributed by atoms with Crippen molar-refractivity contribution in [3.63, 3.8) is 0 Å². The summed E-state index contributed by atoms with van der Waals surface area (Å²) in [5, 5.41) is 12.9. The Labute approximate surface area is 201 Å². The van der Waals surface area contributed by atoms with Gasteiger partial charge in [0.05, 0.1) is 32.0 Å². The van der Waals surface area contributed by atoms with Crippen molar-refractivity contribution in [2.24, 2.45) is 0 Å². The Hall–Kier alpha value is -3.31. The van der Waals surface area contributed by atoms with Crippen LogP contribution in [0.4, 0.5) is 11.5 Å². The lowest BCUT2D eigenvalue weighted by molar-refractivity contribution is -0.117. The second kappa shape index (κ2) is 10.7. The average molecular weight is 464 g/mol. The molecule has 1 fully saturated rings. The fraction of sp³-hybridized carbons (Fsp3) is 0.500. The molecular weight excluding hydrogens is 430 g/mol. The zero-order valence-electron chi connectivity index (χ0n) is 20.3. The van der Waals surface area contributed by atoms with Crippen molar-refractivity contribution in [3.8, 4) is 17.6 Å². The van der Waals surface area contributed by atoms with Gasteiger partial charge in [-0.2, -0.15) is 5.26 Å². The Morgan fingerprint density at radius 2 is 1.91 bits per heavy atom. The number of hydrogen-bond donors (Lipinski definition) is 1. The fourth-order valence-electron chi connectivity index (χ4n) is 4.93. The number of nitrogens with zero attached hydrogens (tertiary/aromatic N) is 4. The Kier molecular flexibility index (Phi) is 7.53. The van der Waals surface area contributed by atoms with Crippen LogP contribution in [0.5, 0.6) is 11.5 Å². The van der Waals surface area contributed by atoms with Crippen molar-refractivity contribution in [2.45, 2.75) is 39.0 Å². The van der Waals surface area contributed by atoms with E-state index in [0.29, 0.717) is 23.7 Å². The number of nitriles is 1. The first kappa shape index (κ1) is 23.8. The van der Waals surface area contributed by atoms with Gasteiger partial charge in [0.1, 0.15) is 23.4 Å². The molecule has 8 heteroatoms. The minimum Gasteiger partial charge on any atom is -0.497 e. The van der Waals surface area contributed by atoms with E-state index in [0.717, 1.165) is 69.7 Å². The maximum absolute atomic E-state index is 12.7. The van der Waals surface area contributed by atoms with E-state index >= 15 is 0 Å². The van der Waals surface area contributed by atoms with Gasteiger partial charge in [-0.25, -0.2) is 4.98 Å². The smallest absolute Gasteiger partial charge is 0.238 e. The maximum atomic E-state index is 12.7. The number of pyridine rings is 1. The third kappa shape index (κ3) is 4.95. The van der Waals surface area contributed by atoms with Crippen LogP contribution in [0.25, 0.3) is 0 Å². The number of methoxy groups -OCH3 is 2. The van der Waals surface area contributed by atoms with Crippen LogP contribution >= 0.6 is 0 Å². The molecule has 0 saturated carbocycles. The molecule has 4 rings (SSSR count). The number of ether oxygens (including phenoxy) is 2. The van der Waals surface area contributed by atoms with E-state index in [1.807, 2.05) is 0 Å². The predicted molar refractivity (Wildman–Crippen MR) is 132 cm³/mol. The van der Waals surface area contributed by atoms with Gasteiger partial charge in [-0.1, -0.05) is 13.3 Å². The topological polar surface area (TPSA) is 90.7 Å². The molecule has 1 aromatic heterocycles. The van der Waals surface area contributed by atoms with Crippen LogP contribution in [0.3, 0.4) is 0 Å². The van der Waals surface area contributed by atoms with Gasteiger partial charge in [0, 0.05) is 37.9 Å². The quantitative estimate of drug-likeness (QED) is 0.643. The van der Waals surface area contributed by atoms with Crippen LogP contribution in [-0.4, -0.2) is 62.7 Å². The zero-order valence-corrected chi connectivity index (χ0v) is 20.3. The number of amides is 1. The predicted octanol–water partition coefficient (Wildman–Crippen LogP) is 3.17. The van der Waals surface area contributed by atoms with Gasteiger partial charge in [-0.3, -0.25) is 9.69 Å². The maximum Gasteiger partial charge on any atom is 0.238 e. The van der Waals surface area contributed by atoms with Crippen LogP contribution in [0.2, 0.25) is 0 Å². The molecule has 0 bridgehead atoms. The number of benzene rings is 1. The van der Waals surface area contributed by atoms with Gasteiger partial charge in [0.2, 0.25) is 5.91 Å². The summed E-state index contributed by atoms with van der Waals surface area (Å²) in [6.45, 7) is 5.43. The number of carbonyl (C=O) groups is 1. The second-order valence-corrected chi connectivity index (χ2v) is 8.81. The number of aryl methyl sites for hydroxylation is 1. The molecule has 180 valence electrons. The average Bonchev–Trinajstić information content (AvgIpc) is 3.35. The van der Waals surface area contributed by atoms with Crippen LogP contribution in [0.1, 0.15) is 42.1 Å². The summed E-state index contributed by atoms with van der Waals surface area (Å²) in [5.74, 6) is 1.98. The summed E-state index contributed by atoms with van der Waals surface area (Å²) < 4.78 is 10.6. The molecule has 0 unspecified atom stereocenters. The number of fused-ring (bicyclic) bond motifs is 1. The highest BCUT2D eigenvalue weighted by molar-refractivity contribution is 5.93. The number of anilines is 2. The van der Waals surface area contributed by atoms with Crippen molar-refractivity contribution in [1.29, 1.82) is 5.26 Å². The Bertz CT molecular complexity index is 1090. The Balaban J connectivity index is 1.40. The normalized spacial score (nSPS) is 15.5. The summed E-state index contributed by atoms with van der Waals surface area (Å²) in [6.07, 6.45) is 5.12. The first-order valence-electron chi connectivity index (χ1n) is 12.0. The summed E-state index contributed by atoms with van der Waals surface area (Å²) in [4.78, 5) is 22.0. The molecule has 0 spiro atoms. The van der Waals surface area contributed by atoms with Gasteiger partial charge in [0.15, 0.2) is 0 Å². The lowest BCUT2D eigenvalue weighted by Crippen LogP contribution is -2.49. The molecule has 8 nitrogen and oxygen atoms in total. The van der Waals surface area contributed by atoms with Crippen molar-refractivity contribution in [3.05, 3.63) is 40.6 Å². The minimum atomic E-state index is -0.0875. The molecule has 1 aromatic carbocycles. The van der Waals surface area contributed by atoms with Gasteiger partial charge >= 0.3 is 0 Å². The van der Waals surface area contributed by atoms with E-state index in [1.54, 1.807) is 32.4 Å². The van der Waals surface area contributed by atoms with Gasteiger partial charge in [-0.05, 0) is 48.9 Å². The molecule has 2 aliphatic rings. The van der Waals surface area contributed by atoms with Crippen LogP contribution in [0, 0.1) is 11.3 Å². The zero-order chi connectivity index (χ0) is 24.1. The van der Waals surface area contributed by atoms with Crippen LogP contribution in [-0.2, 0) is 24.1 Å². The number of rotatable bonds is 8. The van der Waals surface area contributed by atoms with Crippen molar-refractivity contribution in [1.82, 2.24) is 9.88 Å². The summed E-state index contributed by atoms with van der Waals surface area (Å²) in [5.41, 5.74) is 5.07. The van der Waals surface area contributed by atoms with Crippen LogP contribution in [0.15, 0.2) is 18.2 Å². The van der Waals surface area contributed by atoms with E-state index in [2.05, 4.69) is 28.1 Å². The highest BCUT2D eigenvalue weighted by Gasteiger charge is 2.28. The third-order valence-electron chi connectivity index (χ3n) is 6.65. The molecule has 1 aliphatic heterocycles. The second-order valence-electron chi connectivity index (χ2n) is 8.81. The molecule has 1 amide bonds. The SMILES string of the molecule is CCCc1nc(N2CCN(CC(=O)Nc3ccc(OC)cc3OC)CC2)c(C#N)c2c1CCC2. The fourth-order valence-corrected chi connectivity index (χ4v) is 4.93. The van der Waals surface area contributed by atoms with Crippen molar-refractivity contribution in [2.75, 3.05) is 57.2 Å². The third-order valence-corrected chi connectivity index (χ3v) is 6.65. The summed E-state index contributed by atoms with van der Waals surface area (Å²) in [7, 11) is 3.16. The standard InChI is InChI=1S/C26H33N5O3/c1-4-6-22-20-8-5-7-19(20)21(16-27)26(29-22)31-13-11-30(12-14-31)17-25(32)28-23-10-9-18(33-2)15-24(23)34-3/h9-10,15H,4-8,11-14,17H2,1-3H3,(H,28,32). The summed E-state index contributed by atoms with van der Waals surface area (Å²) >= 11 is 0. The number of piperazine rings is 1. The highest BCUT2D eigenvalue weighted by atomic mass is 16.5. The molecule has 1 saturated heterocycles. The molecule has 1 aliphatic carbocycles. The monoisotopic (exact) mass is 463 g/mol. The first-order chi connectivity index (χ1) is 16.6. The Morgan fingerprint density at radius 3 is 2.59 bits per heavy atom. The van der Waals surface area contributed by atoms with E-state index < -0.39 is 0 Å². The number of nitrogens with one attached hydrogen (secondary N) is 1. The lowest BCUT2D eigenvalue weighted by atomic mass is 10.0. The first-order valence-corrected chi connectivity index (χ1v) is 12.0. The van der Waals surface area contributed by atoms with E-state index in [-0.39, 0.29) is 5.91 Å². The molecule has 34 heavy (non-hydrogen) atoms.